The van der Waals surface area contributed by atoms with E-state index >= 15 is 0 Å². The van der Waals surface area contributed by atoms with Crippen molar-refractivity contribution in [2.75, 3.05) is 47.4 Å². The van der Waals surface area contributed by atoms with E-state index < -0.39 is 0 Å². The van der Waals surface area contributed by atoms with Crippen LogP contribution < -0.4 is 26.2 Å². The average Bonchev–Trinajstić information content (AvgIpc) is 2.65. The summed E-state index contributed by atoms with van der Waals surface area (Å²) in [5, 5.41) is 30.5. The molecule has 3 aliphatic rings. The molecule has 0 amide bonds. The number of fused-ring (bicyclic) bond motifs is 4. The number of nitrogens with zero attached hydrogens (tertiary/aromatic N) is 13. The van der Waals surface area contributed by atoms with Crippen LogP contribution in [0.15, 0.2) is 97.6 Å². The Morgan fingerprint density at radius 1 is 0.543 bits per heavy atom. The molecule has 4 atom stereocenters. The first-order chi connectivity index (χ1) is 39.3. The summed E-state index contributed by atoms with van der Waals surface area (Å²) in [4.78, 5) is 33.0. The second-order valence-corrected chi connectivity index (χ2v) is 22.2. The van der Waals surface area contributed by atoms with Crippen LogP contribution in [-0.2, 0) is 13.0 Å². The van der Waals surface area contributed by atoms with E-state index in [4.69, 9.17) is 11.5 Å². The van der Waals surface area contributed by atoms with Crippen molar-refractivity contribution >= 4 is 50.6 Å². The van der Waals surface area contributed by atoms with Gasteiger partial charge in [-0.25, -0.2) is 43.1 Å². The molecule has 0 spiro atoms. The van der Waals surface area contributed by atoms with Crippen LogP contribution in [0, 0.1) is 41.1 Å². The van der Waals surface area contributed by atoms with E-state index in [-0.39, 0.29) is 55.2 Å². The molecule has 432 valence electrons. The number of nitrogens with one attached hydrogen (secondary N) is 4. The number of hydrogen-bond donors (Lipinski definition) is 6. The summed E-state index contributed by atoms with van der Waals surface area (Å²) in [6.07, 6.45) is 14.1. The van der Waals surface area contributed by atoms with Crippen LogP contribution in [0.3, 0.4) is 0 Å². The molecule has 2 fully saturated rings. The smallest absolute Gasteiger partial charge is 0.181 e. The van der Waals surface area contributed by atoms with Crippen molar-refractivity contribution in [1.29, 1.82) is 0 Å². The van der Waals surface area contributed by atoms with E-state index in [9.17, 15) is 13.2 Å². The number of nitrogens with two attached hydrogens (primary N) is 2. The summed E-state index contributed by atoms with van der Waals surface area (Å²) in [5.74, 6) is 3.20. The Kier molecular flexibility index (Phi) is 16.3. The van der Waals surface area contributed by atoms with Crippen molar-refractivity contribution in [3.8, 4) is 34.2 Å². The summed E-state index contributed by atoms with van der Waals surface area (Å²) in [6.45, 7) is 13.9. The highest BCUT2D eigenvalue weighted by molar-refractivity contribution is 5.91. The monoisotopic (exact) mass is 1110 g/mol. The second kappa shape index (κ2) is 24.2. The number of aromatic amines is 4. The number of H-pyrrole nitrogens is 4. The molecule has 0 radical (unpaired) electrons. The minimum Gasteiger partial charge on any atom is -0.356 e. The van der Waals surface area contributed by atoms with Crippen LogP contribution in [0.25, 0.3) is 67.3 Å². The summed E-state index contributed by atoms with van der Waals surface area (Å²) in [6, 6.07) is 21.0. The molecule has 8 N–H and O–H groups in total. The molecule has 2 saturated heterocycles. The van der Waals surface area contributed by atoms with Gasteiger partial charge in [-0.1, -0.05) is 27.7 Å². The van der Waals surface area contributed by atoms with Gasteiger partial charge in [-0.2, -0.15) is 20.4 Å². The molecule has 13 heterocycles. The maximum Gasteiger partial charge on any atom is 0.181 e. The molecule has 19 nitrogen and oxygen atoms in total. The third-order valence-electron chi connectivity index (χ3n) is 15.6. The predicted molar refractivity (Wildman–Crippen MR) is 322 cm³/mol. The van der Waals surface area contributed by atoms with Gasteiger partial charge in [-0.05, 0) is 135 Å². The zero-order chi connectivity index (χ0) is 56.1. The average molecular weight is 1110 g/mol. The molecule has 0 aliphatic carbocycles. The SMILES string of the molecule is CC(C)CC(N)C1CCCN(c2ccc(F)c(-c3[nH]nc4ncccc34)n2)C1.CC(C)CC(N)C1CCCN(c2ccc(F)c(-c3[nH]nc4ncccc34)n2)C1.Fc1ccc(N2CCc3[nH]ncc3C2)nc1-c1[nH]nc2ncccc12.[HH].[HH].[HH].[HH].[HH].[HH]. The number of pyridine rings is 6. The zero-order valence-electron chi connectivity index (χ0n) is 46.0. The third kappa shape index (κ3) is 12.1. The highest BCUT2D eigenvalue weighted by Crippen LogP contribution is 2.34. The molecule has 3 aliphatic heterocycles. The van der Waals surface area contributed by atoms with Gasteiger partial charge in [0.25, 0.3) is 0 Å². The van der Waals surface area contributed by atoms with Gasteiger partial charge in [-0.15, -0.1) is 0 Å². The van der Waals surface area contributed by atoms with E-state index in [1.807, 2.05) is 36.5 Å². The lowest BCUT2D eigenvalue weighted by molar-refractivity contribution is 0.313. The van der Waals surface area contributed by atoms with Crippen molar-refractivity contribution in [2.45, 2.75) is 91.3 Å². The van der Waals surface area contributed by atoms with Crippen molar-refractivity contribution in [1.82, 2.24) is 70.7 Å². The quantitative estimate of drug-likeness (QED) is 0.0665. The molecule has 10 aromatic heterocycles. The van der Waals surface area contributed by atoms with Crippen LogP contribution in [0.1, 0.15) is 86.0 Å². The maximum absolute atomic E-state index is 14.6. The fourth-order valence-corrected chi connectivity index (χ4v) is 11.5. The lowest BCUT2D eigenvalue weighted by Crippen LogP contribution is -2.44. The molecule has 0 bridgehead atoms. The topological polar surface area (TPSA) is 254 Å². The second-order valence-electron chi connectivity index (χ2n) is 22.2. The van der Waals surface area contributed by atoms with Gasteiger partial charge in [-0.3, -0.25) is 20.4 Å². The van der Waals surface area contributed by atoms with Gasteiger partial charge in [0.1, 0.15) is 34.5 Å². The Morgan fingerprint density at radius 2 is 0.951 bits per heavy atom. The standard InChI is InChI=1S/2C21H27FN6.C17H14FN7.6H2/c2*1-13(2)11-17(23)14-5-4-10-28(12-14)18-8-7-16(22)20(25-18)19-15-6-3-9-24-21(15)27-26-19;18-12-3-4-14(25-7-5-13-10(9-25)8-20-22-13)21-16(12)15-11-2-1-6-19-17(11)24-23-15;;;;;;/h2*3,6-9,13-14,17H,4-5,10-12,23H2,1-2H3,(H,24,26,27);1-4,6,8H,5,7,9H2,(H,20,22)(H,19,23,24);6*1H. The predicted octanol–water partition coefficient (Wildman–Crippen LogP) is 11.4. The minimum absolute atomic E-state index is 0. The summed E-state index contributed by atoms with van der Waals surface area (Å²) < 4.78 is 43.7. The molecule has 0 aromatic carbocycles. The largest absolute Gasteiger partial charge is 0.356 e. The highest BCUT2D eigenvalue weighted by atomic mass is 19.1. The first kappa shape index (κ1) is 54.6. The fraction of sp³-hybridized carbons (Fsp3) is 0.390. The van der Waals surface area contributed by atoms with Crippen molar-refractivity contribution in [3.05, 3.63) is 126 Å². The number of piperidine rings is 2. The van der Waals surface area contributed by atoms with Crippen LogP contribution >= 0.6 is 0 Å². The summed E-state index contributed by atoms with van der Waals surface area (Å²) >= 11 is 0. The summed E-state index contributed by atoms with van der Waals surface area (Å²) in [5.41, 5.74) is 19.4. The van der Waals surface area contributed by atoms with Crippen molar-refractivity contribution in [2.24, 2.45) is 35.1 Å². The molecule has 22 heteroatoms. The van der Waals surface area contributed by atoms with Crippen LogP contribution in [-0.4, -0.2) is 116 Å². The molecule has 81 heavy (non-hydrogen) atoms. The third-order valence-corrected chi connectivity index (χ3v) is 15.6. The first-order valence-corrected chi connectivity index (χ1v) is 28.0. The van der Waals surface area contributed by atoms with Gasteiger partial charge < -0.3 is 26.2 Å². The zero-order valence-corrected chi connectivity index (χ0v) is 46.0. The molecule has 10 aromatic rings. The van der Waals surface area contributed by atoms with E-state index in [2.05, 4.69) is 113 Å². The fourth-order valence-electron chi connectivity index (χ4n) is 11.5. The van der Waals surface area contributed by atoms with Crippen molar-refractivity contribution < 1.29 is 21.7 Å². The maximum atomic E-state index is 14.6. The Hall–Kier alpha value is -8.37. The Labute approximate surface area is 475 Å². The van der Waals surface area contributed by atoms with E-state index in [1.54, 1.807) is 42.9 Å². The Morgan fingerprint density at radius 3 is 1.36 bits per heavy atom. The van der Waals surface area contributed by atoms with Crippen LogP contribution in [0.5, 0.6) is 0 Å². The van der Waals surface area contributed by atoms with E-state index in [0.29, 0.717) is 64.2 Å². The molecule has 13 rings (SSSR count). The minimum atomic E-state index is -0.390. The number of hydrogen-bond acceptors (Lipinski definition) is 15. The Bertz CT molecular complexity index is 3610. The van der Waals surface area contributed by atoms with Crippen molar-refractivity contribution in [3.63, 3.8) is 0 Å². The van der Waals surface area contributed by atoms with Crippen LogP contribution in [0.2, 0.25) is 0 Å². The van der Waals surface area contributed by atoms with Crippen LogP contribution in [0.4, 0.5) is 30.6 Å². The number of halogens is 3. The number of anilines is 3. The van der Waals surface area contributed by atoms with Gasteiger partial charge >= 0.3 is 0 Å². The molecule has 4 unspecified atom stereocenters. The first-order valence-electron chi connectivity index (χ1n) is 28.0. The van der Waals surface area contributed by atoms with E-state index in [1.165, 1.54) is 18.2 Å². The Balaban J connectivity index is 0.000000230. The summed E-state index contributed by atoms with van der Waals surface area (Å²) in [7, 11) is 0. The van der Waals surface area contributed by atoms with Gasteiger partial charge in [0, 0.05) is 112 Å². The number of rotatable bonds is 12. The lowest BCUT2D eigenvalue weighted by Gasteiger charge is -2.37. The molecular formula is C59H80F3N19. The number of aromatic nitrogens is 14. The van der Waals surface area contributed by atoms with E-state index in [0.717, 1.165) is 123 Å². The molecule has 0 saturated carbocycles. The normalized spacial score (nSPS) is 17.3. The van der Waals surface area contributed by atoms with Gasteiger partial charge in [0.15, 0.2) is 34.4 Å². The van der Waals surface area contributed by atoms with Gasteiger partial charge in [0.2, 0.25) is 0 Å². The van der Waals surface area contributed by atoms with Gasteiger partial charge in [0.05, 0.1) is 23.3 Å². The highest BCUT2D eigenvalue weighted by Gasteiger charge is 2.30. The lowest BCUT2D eigenvalue weighted by atomic mass is 9.86. The molecular weight excluding hydrogens is 1030 g/mol.